The monoisotopic (exact) mass is 649 g/mol. The second-order valence-electron chi connectivity index (χ2n) is 13.0. The van der Waals surface area contributed by atoms with E-state index >= 15 is 0 Å². The predicted molar refractivity (Wildman–Crippen MR) is 218 cm³/mol. The molecule has 9 aromatic carbocycles. The van der Waals surface area contributed by atoms with Gasteiger partial charge in [0.2, 0.25) is 0 Å². The van der Waals surface area contributed by atoms with Gasteiger partial charge in [-0.3, -0.25) is 0 Å². The standard InChI is InChI=1S/C50H35N/c1-2-11-36(12-3-1)37-23-29-44(30-24-37)51(46-33-27-41(28-34-46)49-21-9-15-39-13-4-6-19-47(39)49)45-31-25-38(26-32-45)42-17-8-18-43(35-42)50-22-10-16-40-14-5-7-20-48(40)50/h1-35H. The summed E-state index contributed by atoms with van der Waals surface area (Å²) in [5.74, 6) is 0. The summed E-state index contributed by atoms with van der Waals surface area (Å²) in [6.07, 6.45) is 0. The lowest BCUT2D eigenvalue weighted by Crippen LogP contribution is -2.09. The molecule has 1 nitrogen and oxygen atoms in total. The van der Waals surface area contributed by atoms with Gasteiger partial charge in [0.05, 0.1) is 0 Å². The Bertz CT molecular complexity index is 2590. The van der Waals surface area contributed by atoms with Crippen LogP contribution in [0.5, 0.6) is 0 Å². The Balaban J connectivity index is 1.08. The molecular weight excluding hydrogens is 615 g/mol. The second kappa shape index (κ2) is 13.3. The van der Waals surface area contributed by atoms with Crippen LogP contribution in [0, 0.1) is 0 Å². The summed E-state index contributed by atoms with van der Waals surface area (Å²) in [5.41, 5.74) is 13.0. The molecule has 0 radical (unpaired) electrons. The molecule has 0 saturated heterocycles. The van der Waals surface area contributed by atoms with Crippen LogP contribution in [0.4, 0.5) is 17.1 Å². The maximum Gasteiger partial charge on any atom is 0.0462 e. The van der Waals surface area contributed by atoms with Crippen molar-refractivity contribution in [1.29, 1.82) is 0 Å². The van der Waals surface area contributed by atoms with Crippen molar-refractivity contribution in [2.24, 2.45) is 0 Å². The van der Waals surface area contributed by atoms with Gasteiger partial charge >= 0.3 is 0 Å². The van der Waals surface area contributed by atoms with Crippen molar-refractivity contribution in [1.82, 2.24) is 0 Å². The zero-order valence-corrected chi connectivity index (χ0v) is 28.2. The number of fused-ring (bicyclic) bond motifs is 2. The van der Waals surface area contributed by atoms with Crippen LogP contribution in [0.3, 0.4) is 0 Å². The molecule has 0 aliphatic carbocycles. The zero-order chi connectivity index (χ0) is 34.0. The fraction of sp³-hybridized carbons (Fsp3) is 0. The summed E-state index contributed by atoms with van der Waals surface area (Å²) in [6.45, 7) is 0. The topological polar surface area (TPSA) is 3.24 Å². The molecule has 1 heteroatoms. The SMILES string of the molecule is c1ccc(-c2ccc(N(c3ccc(-c4cccc(-c5cccc6ccccc56)c4)cc3)c3ccc(-c4cccc5ccccc45)cc3)cc2)cc1. The van der Waals surface area contributed by atoms with Crippen LogP contribution in [-0.4, -0.2) is 0 Å². The van der Waals surface area contributed by atoms with Gasteiger partial charge in [0.1, 0.15) is 0 Å². The maximum atomic E-state index is 2.35. The van der Waals surface area contributed by atoms with Crippen LogP contribution in [-0.2, 0) is 0 Å². The highest BCUT2D eigenvalue weighted by molar-refractivity contribution is 5.98. The van der Waals surface area contributed by atoms with E-state index in [0.717, 1.165) is 17.1 Å². The van der Waals surface area contributed by atoms with Gasteiger partial charge in [0.15, 0.2) is 0 Å². The first kappa shape index (κ1) is 30.4. The van der Waals surface area contributed by atoms with Crippen LogP contribution < -0.4 is 4.90 Å². The average Bonchev–Trinajstić information content (AvgIpc) is 3.22. The van der Waals surface area contributed by atoms with Crippen molar-refractivity contribution in [3.63, 3.8) is 0 Å². The van der Waals surface area contributed by atoms with Gasteiger partial charge in [-0.25, -0.2) is 0 Å². The molecule has 0 atom stereocenters. The van der Waals surface area contributed by atoms with Crippen molar-refractivity contribution >= 4 is 38.6 Å². The number of benzene rings is 9. The Hall–Kier alpha value is -6.70. The van der Waals surface area contributed by atoms with E-state index < -0.39 is 0 Å². The van der Waals surface area contributed by atoms with Crippen LogP contribution in [0.25, 0.3) is 66.1 Å². The third-order valence-corrected chi connectivity index (χ3v) is 9.88. The predicted octanol–water partition coefficient (Wildman–Crippen LogP) is 14.1. The van der Waals surface area contributed by atoms with E-state index in [4.69, 9.17) is 0 Å². The van der Waals surface area contributed by atoms with Gasteiger partial charge in [0.25, 0.3) is 0 Å². The molecule has 9 rings (SSSR count). The molecule has 0 saturated carbocycles. The molecule has 0 aliphatic rings. The quantitative estimate of drug-likeness (QED) is 0.166. The Morgan fingerprint density at radius 3 is 1.18 bits per heavy atom. The Morgan fingerprint density at radius 2 is 0.608 bits per heavy atom. The number of rotatable bonds is 7. The highest BCUT2D eigenvalue weighted by atomic mass is 15.1. The van der Waals surface area contributed by atoms with Crippen molar-refractivity contribution in [2.75, 3.05) is 4.90 Å². The molecule has 9 aromatic rings. The van der Waals surface area contributed by atoms with E-state index in [9.17, 15) is 0 Å². The van der Waals surface area contributed by atoms with Gasteiger partial charge in [-0.05, 0) is 109 Å². The molecule has 0 fully saturated rings. The second-order valence-corrected chi connectivity index (χ2v) is 13.0. The molecule has 0 aliphatic heterocycles. The molecule has 0 heterocycles. The maximum absolute atomic E-state index is 2.35. The molecular formula is C50H35N. The fourth-order valence-electron chi connectivity index (χ4n) is 7.29. The minimum atomic E-state index is 1.11. The molecule has 51 heavy (non-hydrogen) atoms. The smallest absolute Gasteiger partial charge is 0.0462 e. The molecule has 0 N–H and O–H groups in total. The average molecular weight is 650 g/mol. The largest absolute Gasteiger partial charge is 0.311 e. The Morgan fingerprint density at radius 1 is 0.235 bits per heavy atom. The minimum absolute atomic E-state index is 1.11. The van der Waals surface area contributed by atoms with Gasteiger partial charge in [-0.2, -0.15) is 0 Å². The lowest BCUT2D eigenvalue weighted by molar-refractivity contribution is 1.28. The summed E-state index contributed by atoms with van der Waals surface area (Å²) in [4.78, 5) is 2.35. The first-order valence-corrected chi connectivity index (χ1v) is 17.5. The highest BCUT2D eigenvalue weighted by Crippen LogP contribution is 2.39. The van der Waals surface area contributed by atoms with Crippen LogP contribution in [0.15, 0.2) is 212 Å². The molecule has 240 valence electrons. The third kappa shape index (κ3) is 5.96. The summed E-state index contributed by atoms with van der Waals surface area (Å²) in [7, 11) is 0. The van der Waals surface area contributed by atoms with Crippen molar-refractivity contribution in [2.45, 2.75) is 0 Å². The molecule has 0 amide bonds. The van der Waals surface area contributed by atoms with E-state index in [1.54, 1.807) is 0 Å². The van der Waals surface area contributed by atoms with E-state index in [1.165, 1.54) is 66.1 Å². The normalized spacial score (nSPS) is 11.1. The summed E-state index contributed by atoms with van der Waals surface area (Å²) >= 11 is 0. The fourth-order valence-corrected chi connectivity index (χ4v) is 7.29. The third-order valence-electron chi connectivity index (χ3n) is 9.88. The molecule has 0 bridgehead atoms. The van der Waals surface area contributed by atoms with E-state index in [2.05, 4.69) is 217 Å². The molecule has 0 unspecified atom stereocenters. The van der Waals surface area contributed by atoms with Crippen molar-refractivity contribution < 1.29 is 0 Å². The van der Waals surface area contributed by atoms with E-state index in [-0.39, 0.29) is 0 Å². The van der Waals surface area contributed by atoms with Gasteiger partial charge in [0, 0.05) is 17.1 Å². The summed E-state index contributed by atoms with van der Waals surface area (Å²) < 4.78 is 0. The Labute approximate surface area is 299 Å². The van der Waals surface area contributed by atoms with Gasteiger partial charge < -0.3 is 4.90 Å². The summed E-state index contributed by atoms with van der Waals surface area (Å²) in [5, 5.41) is 5.04. The number of anilines is 3. The molecule has 0 aromatic heterocycles. The van der Waals surface area contributed by atoms with Gasteiger partial charge in [-0.1, -0.05) is 170 Å². The number of hydrogen-bond acceptors (Lipinski definition) is 1. The molecule has 0 spiro atoms. The zero-order valence-electron chi connectivity index (χ0n) is 28.2. The summed E-state index contributed by atoms with van der Waals surface area (Å²) in [6, 6.07) is 76.6. The number of nitrogens with zero attached hydrogens (tertiary/aromatic N) is 1. The first-order chi connectivity index (χ1) is 25.3. The van der Waals surface area contributed by atoms with Crippen LogP contribution in [0.1, 0.15) is 0 Å². The van der Waals surface area contributed by atoms with Crippen LogP contribution >= 0.6 is 0 Å². The first-order valence-electron chi connectivity index (χ1n) is 17.5. The van der Waals surface area contributed by atoms with E-state index in [0.29, 0.717) is 0 Å². The van der Waals surface area contributed by atoms with Crippen LogP contribution in [0.2, 0.25) is 0 Å². The highest BCUT2D eigenvalue weighted by Gasteiger charge is 2.15. The van der Waals surface area contributed by atoms with Crippen molar-refractivity contribution in [3.8, 4) is 44.5 Å². The lowest BCUT2D eigenvalue weighted by atomic mass is 9.95. The van der Waals surface area contributed by atoms with E-state index in [1.807, 2.05) is 0 Å². The van der Waals surface area contributed by atoms with Gasteiger partial charge in [-0.15, -0.1) is 0 Å². The number of hydrogen-bond donors (Lipinski definition) is 0. The Kier molecular flexibility index (Phi) is 7.92. The van der Waals surface area contributed by atoms with Crippen molar-refractivity contribution in [3.05, 3.63) is 212 Å². The minimum Gasteiger partial charge on any atom is -0.311 e. The lowest BCUT2D eigenvalue weighted by Gasteiger charge is -2.26.